The Bertz CT molecular complexity index is 769. The minimum Gasteiger partial charge on any atom is -0.325 e. The summed E-state index contributed by atoms with van der Waals surface area (Å²) < 4.78 is 41.4. The van der Waals surface area contributed by atoms with E-state index in [9.17, 15) is 13.2 Å². The molecule has 106 valence electrons. The van der Waals surface area contributed by atoms with E-state index in [-0.39, 0.29) is 5.69 Å². The highest BCUT2D eigenvalue weighted by atomic mass is 19.2. The molecule has 21 heavy (non-hydrogen) atoms. The monoisotopic (exact) mass is 289 g/mol. The Morgan fingerprint density at radius 1 is 0.905 bits per heavy atom. The van der Waals surface area contributed by atoms with Crippen molar-refractivity contribution < 1.29 is 13.2 Å². The van der Waals surface area contributed by atoms with Gasteiger partial charge in [-0.3, -0.25) is 4.57 Å². The van der Waals surface area contributed by atoms with Crippen molar-refractivity contribution in [2.24, 2.45) is 0 Å². The quantitative estimate of drug-likeness (QED) is 0.738. The first kappa shape index (κ1) is 13.2. The third-order valence-electron chi connectivity index (χ3n) is 2.92. The number of hydrogen-bond acceptors (Lipinski definition) is 2. The zero-order chi connectivity index (χ0) is 14.8. The molecule has 1 heterocycles. The topological polar surface area (TPSA) is 29.9 Å². The Kier molecular flexibility index (Phi) is 3.35. The molecule has 3 nitrogen and oxygen atoms in total. The molecule has 0 amide bonds. The van der Waals surface area contributed by atoms with Crippen LogP contribution in [0.2, 0.25) is 0 Å². The Morgan fingerprint density at radius 3 is 2.38 bits per heavy atom. The van der Waals surface area contributed by atoms with E-state index in [4.69, 9.17) is 0 Å². The van der Waals surface area contributed by atoms with Crippen LogP contribution in [0.25, 0.3) is 5.69 Å². The number of anilines is 2. The van der Waals surface area contributed by atoms with Gasteiger partial charge in [-0.05, 0) is 12.1 Å². The smallest absolute Gasteiger partial charge is 0.212 e. The maximum atomic E-state index is 13.8. The number of benzene rings is 2. The molecule has 0 saturated carbocycles. The Hall–Kier alpha value is -2.76. The standard InChI is InChI=1S/C15H10F3N3/c16-11-8-13(18)14(9-12(11)17)21-7-6-19-15(21)20-10-4-2-1-3-5-10/h1-9H,(H,19,20). The van der Waals surface area contributed by atoms with Gasteiger partial charge >= 0.3 is 0 Å². The molecule has 0 aliphatic heterocycles. The highest BCUT2D eigenvalue weighted by molar-refractivity contribution is 5.56. The molecule has 0 atom stereocenters. The molecule has 0 radical (unpaired) electrons. The Morgan fingerprint density at radius 2 is 1.62 bits per heavy atom. The number of aromatic nitrogens is 2. The van der Waals surface area contributed by atoms with Gasteiger partial charge in [0, 0.05) is 30.2 Å². The summed E-state index contributed by atoms with van der Waals surface area (Å²) in [7, 11) is 0. The van der Waals surface area contributed by atoms with Gasteiger partial charge in [0.15, 0.2) is 11.6 Å². The molecule has 0 bridgehead atoms. The summed E-state index contributed by atoms with van der Waals surface area (Å²) in [5.74, 6) is -2.92. The number of nitrogens with one attached hydrogen (secondary N) is 1. The van der Waals surface area contributed by atoms with Crippen molar-refractivity contribution in [3.8, 4) is 5.69 Å². The second-order valence-electron chi connectivity index (χ2n) is 4.33. The first-order valence-electron chi connectivity index (χ1n) is 6.15. The fourth-order valence-corrected chi connectivity index (χ4v) is 1.94. The van der Waals surface area contributed by atoms with E-state index >= 15 is 0 Å². The van der Waals surface area contributed by atoms with Crippen LogP contribution in [0.15, 0.2) is 54.9 Å². The van der Waals surface area contributed by atoms with Gasteiger partial charge in [-0.25, -0.2) is 18.2 Å². The molecule has 0 spiro atoms. The largest absolute Gasteiger partial charge is 0.325 e. The summed E-state index contributed by atoms with van der Waals surface area (Å²) in [4.78, 5) is 4.05. The lowest BCUT2D eigenvalue weighted by molar-refractivity contribution is 0.493. The molecule has 1 aromatic heterocycles. The van der Waals surface area contributed by atoms with E-state index < -0.39 is 17.5 Å². The lowest BCUT2D eigenvalue weighted by Crippen LogP contribution is -2.04. The van der Waals surface area contributed by atoms with Gasteiger partial charge in [0.2, 0.25) is 5.95 Å². The van der Waals surface area contributed by atoms with Crippen molar-refractivity contribution in [2.75, 3.05) is 5.32 Å². The van der Waals surface area contributed by atoms with E-state index in [1.165, 1.54) is 17.0 Å². The van der Waals surface area contributed by atoms with Gasteiger partial charge in [0.05, 0.1) is 5.69 Å². The number of nitrogens with zero attached hydrogens (tertiary/aromatic N) is 2. The summed E-state index contributed by atoms with van der Waals surface area (Å²) in [6.45, 7) is 0. The molecule has 2 aromatic carbocycles. The van der Waals surface area contributed by atoms with Crippen LogP contribution in [0.3, 0.4) is 0 Å². The fourth-order valence-electron chi connectivity index (χ4n) is 1.94. The molecule has 1 N–H and O–H groups in total. The average Bonchev–Trinajstić information content (AvgIpc) is 2.92. The molecule has 0 unspecified atom stereocenters. The zero-order valence-corrected chi connectivity index (χ0v) is 10.7. The van der Waals surface area contributed by atoms with Crippen LogP contribution in [0.5, 0.6) is 0 Å². The molecule has 3 rings (SSSR count). The Labute approximate surface area is 118 Å². The summed E-state index contributed by atoms with van der Waals surface area (Å²) >= 11 is 0. The van der Waals surface area contributed by atoms with Gasteiger partial charge in [0.1, 0.15) is 5.82 Å². The minimum atomic E-state index is -1.23. The molecule has 6 heteroatoms. The summed E-state index contributed by atoms with van der Waals surface area (Å²) in [6.07, 6.45) is 2.90. The van der Waals surface area contributed by atoms with Crippen LogP contribution >= 0.6 is 0 Å². The molecule has 3 aromatic rings. The molecular formula is C15H10F3N3. The molecule has 0 fully saturated rings. The van der Waals surface area contributed by atoms with Crippen molar-refractivity contribution >= 4 is 11.6 Å². The number of imidazole rings is 1. The van der Waals surface area contributed by atoms with Gasteiger partial charge < -0.3 is 5.32 Å². The SMILES string of the molecule is Fc1cc(F)c(-n2ccnc2Nc2ccccc2)cc1F. The van der Waals surface area contributed by atoms with Crippen LogP contribution in [-0.2, 0) is 0 Å². The van der Waals surface area contributed by atoms with E-state index in [0.29, 0.717) is 12.0 Å². The fraction of sp³-hybridized carbons (Fsp3) is 0. The number of para-hydroxylation sites is 1. The van der Waals surface area contributed by atoms with Gasteiger partial charge in [-0.2, -0.15) is 0 Å². The highest BCUT2D eigenvalue weighted by Crippen LogP contribution is 2.23. The lowest BCUT2D eigenvalue weighted by Gasteiger charge is -2.11. The van der Waals surface area contributed by atoms with E-state index in [0.717, 1.165) is 11.8 Å². The predicted molar refractivity (Wildman–Crippen MR) is 73.2 cm³/mol. The van der Waals surface area contributed by atoms with Crippen LogP contribution in [0.4, 0.5) is 24.8 Å². The summed E-state index contributed by atoms with van der Waals surface area (Å²) in [6, 6.07) is 10.4. The minimum absolute atomic E-state index is 0.121. The number of rotatable bonds is 3. The van der Waals surface area contributed by atoms with Gasteiger partial charge in [-0.1, -0.05) is 18.2 Å². The zero-order valence-electron chi connectivity index (χ0n) is 10.7. The summed E-state index contributed by atoms with van der Waals surface area (Å²) in [5.41, 5.74) is 0.623. The van der Waals surface area contributed by atoms with Crippen molar-refractivity contribution in [2.45, 2.75) is 0 Å². The molecule has 0 aliphatic rings. The molecular weight excluding hydrogens is 279 g/mol. The van der Waals surface area contributed by atoms with Crippen LogP contribution in [-0.4, -0.2) is 9.55 Å². The third kappa shape index (κ3) is 2.60. The van der Waals surface area contributed by atoms with Gasteiger partial charge in [0.25, 0.3) is 0 Å². The average molecular weight is 289 g/mol. The van der Waals surface area contributed by atoms with Crippen molar-refractivity contribution in [3.05, 3.63) is 72.3 Å². The number of hydrogen-bond donors (Lipinski definition) is 1. The normalized spacial score (nSPS) is 10.6. The second kappa shape index (κ2) is 5.32. The maximum absolute atomic E-state index is 13.8. The van der Waals surface area contributed by atoms with Crippen LogP contribution < -0.4 is 5.32 Å². The van der Waals surface area contributed by atoms with Crippen molar-refractivity contribution in [1.29, 1.82) is 0 Å². The first-order valence-corrected chi connectivity index (χ1v) is 6.15. The third-order valence-corrected chi connectivity index (χ3v) is 2.92. The predicted octanol–water partition coefficient (Wildman–Crippen LogP) is 4.03. The van der Waals surface area contributed by atoms with Crippen molar-refractivity contribution in [1.82, 2.24) is 9.55 Å². The van der Waals surface area contributed by atoms with Gasteiger partial charge in [-0.15, -0.1) is 0 Å². The maximum Gasteiger partial charge on any atom is 0.212 e. The molecule has 0 aliphatic carbocycles. The number of halogens is 3. The van der Waals surface area contributed by atoms with E-state index in [1.54, 1.807) is 12.1 Å². The first-order chi connectivity index (χ1) is 10.1. The second-order valence-corrected chi connectivity index (χ2v) is 4.33. The van der Waals surface area contributed by atoms with Crippen LogP contribution in [0, 0.1) is 17.5 Å². The lowest BCUT2D eigenvalue weighted by atomic mass is 10.3. The highest BCUT2D eigenvalue weighted by Gasteiger charge is 2.14. The van der Waals surface area contributed by atoms with Crippen LogP contribution in [0.1, 0.15) is 0 Å². The van der Waals surface area contributed by atoms with E-state index in [1.807, 2.05) is 18.2 Å². The Balaban J connectivity index is 2.01. The van der Waals surface area contributed by atoms with Crippen molar-refractivity contribution in [3.63, 3.8) is 0 Å². The summed E-state index contributed by atoms with van der Waals surface area (Å²) in [5, 5.41) is 2.98. The molecule has 0 saturated heterocycles. The van der Waals surface area contributed by atoms with E-state index in [2.05, 4.69) is 10.3 Å².